The molecule has 1 unspecified atom stereocenters. The Hall–Kier alpha value is -1.83. The largest absolute Gasteiger partial charge is 0.468 e. The molecule has 1 aliphatic carbocycles. The SMILES string of the molecule is O=C(Nc1ccc(OCC(F)(F)F)nc1)C1CC12CCNCC2. The molecular weight excluding hydrogens is 311 g/mol. The minimum absolute atomic E-state index is 0.0192. The molecule has 1 aliphatic heterocycles. The Kier molecular flexibility index (Phi) is 4.18. The number of nitrogens with one attached hydrogen (secondary N) is 2. The zero-order valence-electron chi connectivity index (χ0n) is 12.4. The van der Waals surface area contributed by atoms with Gasteiger partial charge in [0.1, 0.15) is 0 Å². The van der Waals surface area contributed by atoms with E-state index in [2.05, 4.69) is 20.4 Å². The second-order valence-electron chi connectivity index (χ2n) is 6.15. The number of carbonyl (C=O) groups excluding carboxylic acids is 1. The van der Waals surface area contributed by atoms with E-state index in [9.17, 15) is 18.0 Å². The maximum Gasteiger partial charge on any atom is 0.422 e. The van der Waals surface area contributed by atoms with Crippen LogP contribution in [0.3, 0.4) is 0 Å². The fraction of sp³-hybridized carbons (Fsp3) is 0.600. The Labute approximate surface area is 131 Å². The Morgan fingerprint density at radius 3 is 2.74 bits per heavy atom. The van der Waals surface area contributed by atoms with Gasteiger partial charge in [-0.15, -0.1) is 0 Å². The normalized spacial score (nSPS) is 22.7. The number of hydrogen-bond donors (Lipinski definition) is 2. The molecule has 3 rings (SSSR count). The number of amides is 1. The van der Waals surface area contributed by atoms with Crippen LogP contribution in [-0.4, -0.2) is 36.8 Å². The van der Waals surface area contributed by atoms with Crippen molar-refractivity contribution in [1.82, 2.24) is 10.3 Å². The van der Waals surface area contributed by atoms with Crippen molar-refractivity contribution in [2.75, 3.05) is 25.0 Å². The summed E-state index contributed by atoms with van der Waals surface area (Å²) < 4.78 is 40.7. The van der Waals surface area contributed by atoms with Gasteiger partial charge in [-0.05, 0) is 43.8 Å². The third kappa shape index (κ3) is 3.93. The number of rotatable bonds is 4. The Morgan fingerprint density at radius 1 is 1.39 bits per heavy atom. The highest BCUT2D eigenvalue weighted by Gasteiger charge is 2.57. The van der Waals surface area contributed by atoms with Gasteiger partial charge in [-0.3, -0.25) is 4.79 Å². The number of pyridine rings is 1. The molecule has 0 aromatic carbocycles. The molecule has 0 bridgehead atoms. The number of ether oxygens (including phenoxy) is 1. The van der Waals surface area contributed by atoms with Crippen LogP contribution in [0.2, 0.25) is 0 Å². The predicted octanol–water partition coefficient (Wildman–Crippen LogP) is 2.35. The molecule has 1 saturated heterocycles. The summed E-state index contributed by atoms with van der Waals surface area (Å²) in [7, 11) is 0. The summed E-state index contributed by atoms with van der Waals surface area (Å²) in [5.74, 6) is -0.148. The first-order valence-electron chi connectivity index (χ1n) is 7.55. The molecule has 2 N–H and O–H groups in total. The lowest BCUT2D eigenvalue weighted by Crippen LogP contribution is -2.31. The summed E-state index contributed by atoms with van der Waals surface area (Å²) in [5.41, 5.74) is 0.601. The lowest BCUT2D eigenvalue weighted by atomic mass is 9.92. The van der Waals surface area contributed by atoms with Crippen LogP contribution in [-0.2, 0) is 4.79 Å². The summed E-state index contributed by atoms with van der Waals surface area (Å²) in [5, 5.41) is 6.06. The van der Waals surface area contributed by atoms with Crippen LogP contribution in [0.5, 0.6) is 5.88 Å². The van der Waals surface area contributed by atoms with E-state index < -0.39 is 12.8 Å². The third-order valence-corrected chi connectivity index (χ3v) is 4.49. The zero-order valence-corrected chi connectivity index (χ0v) is 12.4. The zero-order chi connectivity index (χ0) is 16.5. The number of piperidine rings is 1. The van der Waals surface area contributed by atoms with Gasteiger partial charge in [0.25, 0.3) is 0 Å². The van der Waals surface area contributed by atoms with Crippen molar-refractivity contribution in [3.63, 3.8) is 0 Å². The Bertz CT molecular complexity index is 568. The molecule has 126 valence electrons. The molecular formula is C15H18F3N3O2. The number of halogens is 3. The van der Waals surface area contributed by atoms with Crippen LogP contribution in [0, 0.1) is 11.3 Å². The van der Waals surface area contributed by atoms with E-state index in [0.29, 0.717) is 5.69 Å². The van der Waals surface area contributed by atoms with E-state index in [-0.39, 0.29) is 23.1 Å². The highest BCUT2D eigenvalue weighted by Crippen LogP contribution is 2.58. The summed E-state index contributed by atoms with van der Waals surface area (Å²) in [4.78, 5) is 16.0. The Balaban J connectivity index is 1.51. The number of alkyl halides is 3. The molecule has 2 fully saturated rings. The first-order valence-corrected chi connectivity index (χ1v) is 7.55. The van der Waals surface area contributed by atoms with Gasteiger partial charge < -0.3 is 15.4 Å². The molecule has 1 aromatic heterocycles. The molecule has 1 saturated carbocycles. The van der Waals surface area contributed by atoms with E-state index >= 15 is 0 Å². The Morgan fingerprint density at radius 2 is 2.13 bits per heavy atom. The van der Waals surface area contributed by atoms with Crippen molar-refractivity contribution in [3.05, 3.63) is 18.3 Å². The van der Waals surface area contributed by atoms with E-state index in [4.69, 9.17) is 0 Å². The van der Waals surface area contributed by atoms with Crippen LogP contribution < -0.4 is 15.4 Å². The minimum Gasteiger partial charge on any atom is -0.468 e. The molecule has 0 radical (unpaired) electrons. The van der Waals surface area contributed by atoms with Crippen molar-refractivity contribution >= 4 is 11.6 Å². The summed E-state index contributed by atoms with van der Waals surface area (Å²) in [6, 6.07) is 2.81. The number of aromatic nitrogens is 1. The van der Waals surface area contributed by atoms with Crippen molar-refractivity contribution in [1.29, 1.82) is 0 Å². The number of anilines is 1. The summed E-state index contributed by atoms with van der Waals surface area (Å²) in [6.07, 6.45) is -0.174. The van der Waals surface area contributed by atoms with E-state index in [0.717, 1.165) is 32.4 Å². The van der Waals surface area contributed by atoms with Crippen molar-refractivity contribution in [3.8, 4) is 5.88 Å². The third-order valence-electron chi connectivity index (χ3n) is 4.49. The smallest absolute Gasteiger partial charge is 0.422 e. The fourth-order valence-corrected chi connectivity index (χ4v) is 3.12. The second kappa shape index (κ2) is 5.99. The average molecular weight is 329 g/mol. The van der Waals surface area contributed by atoms with Gasteiger partial charge in [0.05, 0.1) is 11.9 Å². The van der Waals surface area contributed by atoms with Gasteiger partial charge in [-0.2, -0.15) is 13.2 Å². The molecule has 1 atom stereocenters. The van der Waals surface area contributed by atoms with Crippen molar-refractivity contribution in [2.24, 2.45) is 11.3 Å². The molecule has 8 heteroatoms. The topological polar surface area (TPSA) is 63.2 Å². The average Bonchev–Trinajstić information content (AvgIpc) is 3.20. The van der Waals surface area contributed by atoms with Gasteiger partial charge in [-0.25, -0.2) is 4.98 Å². The van der Waals surface area contributed by atoms with Crippen LogP contribution in [0.15, 0.2) is 18.3 Å². The minimum atomic E-state index is -4.40. The monoisotopic (exact) mass is 329 g/mol. The van der Waals surface area contributed by atoms with Gasteiger partial charge in [0.2, 0.25) is 11.8 Å². The van der Waals surface area contributed by atoms with Crippen LogP contribution in [0.4, 0.5) is 18.9 Å². The molecule has 1 amide bonds. The fourth-order valence-electron chi connectivity index (χ4n) is 3.12. The molecule has 23 heavy (non-hydrogen) atoms. The molecule has 2 aliphatic rings. The molecule has 1 spiro atoms. The first kappa shape index (κ1) is 16.0. The van der Waals surface area contributed by atoms with E-state index in [1.54, 1.807) is 0 Å². The van der Waals surface area contributed by atoms with E-state index in [1.807, 2.05) is 0 Å². The van der Waals surface area contributed by atoms with Gasteiger partial charge in [0.15, 0.2) is 6.61 Å². The lowest BCUT2D eigenvalue weighted by molar-refractivity contribution is -0.154. The maximum atomic E-state index is 12.3. The quantitative estimate of drug-likeness (QED) is 0.890. The maximum absolute atomic E-state index is 12.3. The van der Waals surface area contributed by atoms with E-state index in [1.165, 1.54) is 18.3 Å². The lowest BCUT2D eigenvalue weighted by Gasteiger charge is -2.23. The van der Waals surface area contributed by atoms with Gasteiger partial charge in [0, 0.05) is 12.0 Å². The van der Waals surface area contributed by atoms with Crippen LogP contribution in [0.1, 0.15) is 19.3 Å². The summed E-state index contributed by atoms with van der Waals surface area (Å²) >= 11 is 0. The van der Waals surface area contributed by atoms with Gasteiger partial charge in [-0.1, -0.05) is 0 Å². The van der Waals surface area contributed by atoms with Crippen LogP contribution in [0.25, 0.3) is 0 Å². The highest BCUT2D eigenvalue weighted by atomic mass is 19.4. The standard InChI is InChI=1S/C15H18F3N3O2/c16-15(17,18)9-23-12-2-1-10(8-20-12)21-13(22)11-7-14(11)3-5-19-6-4-14/h1-2,8,11,19H,3-7,9H2,(H,21,22). The first-order chi connectivity index (χ1) is 10.9. The van der Waals surface area contributed by atoms with Crippen LogP contribution >= 0.6 is 0 Å². The molecule has 2 heterocycles. The molecule has 5 nitrogen and oxygen atoms in total. The highest BCUT2D eigenvalue weighted by molar-refractivity contribution is 5.95. The second-order valence-corrected chi connectivity index (χ2v) is 6.15. The molecule has 1 aromatic rings. The predicted molar refractivity (Wildman–Crippen MR) is 77.1 cm³/mol. The van der Waals surface area contributed by atoms with Crippen molar-refractivity contribution < 1.29 is 22.7 Å². The number of nitrogens with zero attached hydrogens (tertiary/aromatic N) is 1. The van der Waals surface area contributed by atoms with Crippen molar-refractivity contribution in [2.45, 2.75) is 25.4 Å². The summed E-state index contributed by atoms with van der Waals surface area (Å²) in [6.45, 7) is 0.498. The number of hydrogen-bond acceptors (Lipinski definition) is 4. The number of carbonyl (C=O) groups is 1. The van der Waals surface area contributed by atoms with Gasteiger partial charge >= 0.3 is 6.18 Å².